The van der Waals surface area contributed by atoms with Gasteiger partial charge < -0.3 is 10.5 Å². The summed E-state index contributed by atoms with van der Waals surface area (Å²) in [6.45, 7) is 4.15. The third kappa shape index (κ3) is 2.48. The second-order valence-corrected chi connectivity index (χ2v) is 5.90. The van der Waals surface area contributed by atoms with Gasteiger partial charge in [-0.3, -0.25) is 14.8 Å². The van der Waals surface area contributed by atoms with Crippen molar-refractivity contribution in [2.75, 3.05) is 0 Å². The first-order chi connectivity index (χ1) is 11.4. The van der Waals surface area contributed by atoms with Gasteiger partial charge in [-0.25, -0.2) is 4.79 Å². The smallest absolute Gasteiger partial charge is 0.328 e. The van der Waals surface area contributed by atoms with E-state index in [0.717, 1.165) is 11.1 Å². The molecule has 0 spiro atoms. The number of H-pyrrole nitrogens is 2. The number of aromatic nitrogens is 2. The standard InChI is InChI=1S/C17H16N4O3/c1-8(2)9-3-5-10(6-4-9)12-11(7-18)14(19)24-16-13(12)15(22)20-17(23)21-16/h3-6,8,12H,19H2,1-2H3,(H2,20,21,22,23)/t12-/m0/s1. The number of benzene rings is 1. The molecule has 2 heterocycles. The Balaban J connectivity index is 2.24. The highest BCUT2D eigenvalue weighted by Gasteiger charge is 2.34. The zero-order valence-electron chi connectivity index (χ0n) is 13.2. The molecule has 0 unspecified atom stereocenters. The highest BCUT2D eigenvalue weighted by molar-refractivity contribution is 5.52. The van der Waals surface area contributed by atoms with Gasteiger partial charge in [0.25, 0.3) is 5.56 Å². The summed E-state index contributed by atoms with van der Waals surface area (Å²) in [5, 5.41) is 9.46. The summed E-state index contributed by atoms with van der Waals surface area (Å²) >= 11 is 0. The number of hydrogen-bond acceptors (Lipinski definition) is 5. The Morgan fingerprint density at radius 1 is 1.21 bits per heavy atom. The van der Waals surface area contributed by atoms with Crippen LogP contribution in [-0.4, -0.2) is 9.97 Å². The van der Waals surface area contributed by atoms with Crippen molar-refractivity contribution in [1.29, 1.82) is 5.26 Å². The number of ether oxygens (including phenoxy) is 1. The maximum Gasteiger partial charge on any atom is 0.328 e. The predicted molar refractivity (Wildman–Crippen MR) is 87.5 cm³/mol. The van der Waals surface area contributed by atoms with Gasteiger partial charge >= 0.3 is 5.69 Å². The van der Waals surface area contributed by atoms with E-state index in [1.165, 1.54) is 0 Å². The van der Waals surface area contributed by atoms with Crippen LogP contribution in [-0.2, 0) is 0 Å². The topological polar surface area (TPSA) is 125 Å². The SMILES string of the molecule is CC(C)c1ccc([C@H]2C(C#N)=C(N)Oc3[nH]c(=O)[nH]c(=O)c32)cc1. The second-order valence-electron chi connectivity index (χ2n) is 5.90. The molecule has 0 radical (unpaired) electrons. The minimum atomic E-state index is -0.694. The van der Waals surface area contributed by atoms with Gasteiger partial charge in [0.15, 0.2) is 0 Å². The van der Waals surface area contributed by atoms with Gasteiger partial charge in [0.2, 0.25) is 11.8 Å². The van der Waals surface area contributed by atoms with Gasteiger partial charge in [-0.2, -0.15) is 5.26 Å². The van der Waals surface area contributed by atoms with Gasteiger partial charge in [0, 0.05) is 0 Å². The number of aromatic amines is 2. The van der Waals surface area contributed by atoms with Gasteiger partial charge in [-0.1, -0.05) is 38.1 Å². The summed E-state index contributed by atoms with van der Waals surface area (Å²) in [5.41, 5.74) is 6.67. The molecule has 122 valence electrons. The fourth-order valence-corrected chi connectivity index (χ4v) is 2.80. The van der Waals surface area contributed by atoms with Crippen LogP contribution in [0.15, 0.2) is 45.3 Å². The number of hydrogen-bond donors (Lipinski definition) is 3. The highest BCUT2D eigenvalue weighted by Crippen LogP contribution is 2.38. The molecule has 1 aliphatic heterocycles. The molecule has 0 bridgehead atoms. The zero-order chi connectivity index (χ0) is 17.4. The minimum absolute atomic E-state index is 0.0295. The molecule has 0 saturated heterocycles. The van der Waals surface area contributed by atoms with Gasteiger partial charge in [-0.15, -0.1) is 0 Å². The number of nitrogens with zero attached hydrogens (tertiary/aromatic N) is 1. The van der Waals surface area contributed by atoms with Crippen molar-refractivity contribution in [1.82, 2.24) is 9.97 Å². The third-order valence-electron chi connectivity index (χ3n) is 4.06. The molecular formula is C17H16N4O3. The summed E-state index contributed by atoms with van der Waals surface area (Å²) in [6, 6.07) is 9.60. The zero-order valence-corrected chi connectivity index (χ0v) is 13.2. The molecular weight excluding hydrogens is 308 g/mol. The van der Waals surface area contributed by atoms with Crippen molar-refractivity contribution >= 4 is 0 Å². The number of allylic oxidation sites excluding steroid dienone is 1. The summed E-state index contributed by atoms with van der Waals surface area (Å²) in [4.78, 5) is 28.3. The van der Waals surface area contributed by atoms with E-state index < -0.39 is 17.2 Å². The van der Waals surface area contributed by atoms with E-state index in [2.05, 4.69) is 23.8 Å². The Morgan fingerprint density at radius 3 is 2.46 bits per heavy atom. The van der Waals surface area contributed by atoms with Crippen LogP contribution in [0, 0.1) is 11.3 Å². The van der Waals surface area contributed by atoms with Crippen LogP contribution in [0.2, 0.25) is 0 Å². The molecule has 2 aromatic rings. The number of nitriles is 1. The second kappa shape index (κ2) is 5.74. The molecule has 0 aliphatic carbocycles. The van der Waals surface area contributed by atoms with E-state index >= 15 is 0 Å². The summed E-state index contributed by atoms with van der Waals surface area (Å²) < 4.78 is 5.27. The fourth-order valence-electron chi connectivity index (χ4n) is 2.80. The van der Waals surface area contributed by atoms with E-state index in [0.29, 0.717) is 5.92 Å². The number of fused-ring (bicyclic) bond motifs is 1. The monoisotopic (exact) mass is 324 g/mol. The van der Waals surface area contributed by atoms with Crippen LogP contribution in [0.5, 0.6) is 5.88 Å². The first-order valence-corrected chi connectivity index (χ1v) is 7.46. The maximum absolute atomic E-state index is 12.3. The van der Waals surface area contributed by atoms with Crippen LogP contribution in [0.3, 0.4) is 0 Å². The molecule has 4 N–H and O–H groups in total. The van der Waals surface area contributed by atoms with Crippen LogP contribution in [0.25, 0.3) is 0 Å². The normalized spacial score (nSPS) is 16.5. The highest BCUT2D eigenvalue weighted by atomic mass is 16.5. The van der Waals surface area contributed by atoms with Crippen molar-refractivity contribution in [3.05, 3.63) is 73.3 Å². The molecule has 1 aromatic heterocycles. The molecule has 3 rings (SSSR count). The van der Waals surface area contributed by atoms with Crippen molar-refractivity contribution < 1.29 is 4.74 Å². The van der Waals surface area contributed by atoms with E-state index in [-0.39, 0.29) is 22.9 Å². The number of rotatable bonds is 2. The lowest BCUT2D eigenvalue weighted by Gasteiger charge is -2.24. The maximum atomic E-state index is 12.3. The summed E-state index contributed by atoms with van der Waals surface area (Å²) in [7, 11) is 0. The van der Waals surface area contributed by atoms with E-state index in [4.69, 9.17) is 10.5 Å². The third-order valence-corrected chi connectivity index (χ3v) is 4.06. The van der Waals surface area contributed by atoms with Crippen LogP contribution >= 0.6 is 0 Å². The van der Waals surface area contributed by atoms with Crippen molar-refractivity contribution in [3.8, 4) is 11.9 Å². The number of nitrogens with two attached hydrogens (primary N) is 1. The molecule has 0 amide bonds. The quantitative estimate of drug-likeness (QED) is 0.770. The largest absolute Gasteiger partial charge is 0.424 e. The Morgan fingerprint density at radius 2 is 1.88 bits per heavy atom. The molecule has 0 fully saturated rings. The van der Waals surface area contributed by atoms with Gasteiger partial charge in [0.1, 0.15) is 11.6 Å². The molecule has 7 heteroatoms. The summed E-state index contributed by atoms with van der Waals surface area (Å²) in [6.07, 6.45) is 0. The lowest BCUT2D eigenvalue weighted by molar-refractivity contribution is 0.373. The van der Waals surface area contributed by atoms with E-state index in [1.54, 1.807) is 0 Å². The van der Waals surface area contributed by atoms with Crippen LogP contribution in [0.4, 0.5) is 0 Å². The van der Waals surface area contributed by atoms with Gasteiger partial charge in [-0.05, 0) is 17.0 Å². The molecule has 7 nitrogen and oxygen atoms in total. The van der Waals surface area contributed by atoms with Crippen molar-refractivity contribution in [2.45, 2.75) is 25.7 Å². The fraction of sp³-hybridized carbons (Fsp3) is 0.235. The van der Waals surface area contributed by atoms with E-state index in [9.17, 15) is 14.9 Å². The predicted octanol–water partition coefficient (Wildman–Crippen LogP) is 1.40. The molecule has 1 aromatic carbocycles. The summed E-state index contributed by atoms with van der Waals surface area (Å²) in [5.74, 6) is -0.486. The average Bonchev–Trinajstić information content (AvgIpc) is 2.53. The minimum Gasteiger partial charge on any atom is -0.424 e. The Bertz CT molecular complexity index is 975. The molecule has 1 aliphatic rings. The lowest BCUT2D eigenvalue weighted by Crippen LogP contribution is -2.33. The van der Waals surface area contributed by atoms with Crippen molar-refractivity contribution in [3.63, 3.8) is 0 Å². The molecule has 24 heavy (non-hydrogen) atoms. The number of nitrogens with one attached hydrogen (secondary N) is 2. The lowest BCUT2D eigenvalue weighted by atomic mass is 9.84. The first kappa shape index (κ1) is 15.6. The Kier molecular flexibility index (Phi) is 3.73. The van der Waals surface area contributed by atoms with Crippen LogP contribution in [0.1, 0.15) is 42.4 Å². The van der Waals surface area contributed by atoms with Gasteiger partial charge in [0.05, 0.1) is 11.5 Å². The Hall–Kier alpha value is -3.27. The van der Waals surface area contributed by atoms with Crippen LogP contribution < -0.4 is 21.7 Å². The average molecular weight is 324 g/mol. The first-order valence-electron chi connectivity index (χ1n) is 7.46. The van der Waals surface area contributed by atoms with Crippen molar-refractivity contribution in [2.24, 2.45) is 5.73 Å². The Labute approximate surface area is 137 Å². The molecule has 0 saturated carbocycles. The van der Waals surface area contributed by atoms with E-state index in [1.807, 2.05) is 30.3 Å². The molecule has 1 atom stereocenters.